The van der Waals surface area contributed by atoms with Crippen LogP contribution < -0.4 is 0 Å². The summed E-state index contributed by atoms with van der Waals surface area (Å²) in [5.41, 5.74) is 7.04. The third kappa shape index (κ3) is 4.09. The molecule has 9 rings (SSSR count). The van der Waals surface area contributed by atoms with Crippen molar-refractivity contribution >= 4 is 43.5 Å². The zero-order valence-electron chi connectivity index (χ0n) is 32.0. The quantitative estimate of drug-likeness (QED) is 0.189. The van der Waals surface area contributed by atoms with Crippen molar-refractivity contribution in [3.05, 3.63) is 170 Å². The van der Waals surface area contributed by atoms with Crippen LogP contribution in [0.3, 0.4) is 0 Å². The topological polar surface area (TPSA) is 13.1 Å². The molecular formula is C44H28O. The molecule has 1 heteroatoms. The van der Waals surface area contributed by atoms with Crippen LogP contribution >= 0.6 is 0 Å². The van der Waals surface area contributed by atoms with Gasteiger partial charge in [0.25, 0.3) is 0 Å². The van der Waals surface area contributed by atoms with E-state index in [1.165, 1.54) is 0 Å². The fourth-order valence-corrected chi connectivity index (χ4v) is 6.60. The van der Waals surface area contributed by atoms with Crippen LogP contribution in [0, 0.1) is 0 Å². The van der Waals surface area contributed by atoms with Gasteiger partial charge in [0.15, 0.2) is 0 Å². The second-order valence-corrected chi connectivity index (χ2v) is 11.0. The van der Waals surface area contributed by atoms with E-state index in [-0.39, 0.29) is 45.7 Å². The van der Waals surface area contributed by atoms with Gasteiger partial charge in [-0.2, -0.15) is 0 Å². The first-order valence-corrected chi connectivity index (χ1v) is 14.8. The van der Waals surface area contributed by atoms with Gasteiger partial charge >= 0.3 is 0 Å². The lowest BCUT2D eigenvalue weighted by Crippen LogP contribution is -1.90. The fraction of sp³-hybridized carbons (Fsp3) is 0. The lowest BCUT2D eigenvalue weighted by molar-refractivity contribution is 0.669. The summed E-state index contributed by atoms with van der Waals surface area (Å²) in [7, 11) is 0. The lowest BCUT2D eigenvalue weighted by atomic mass is 9.85. The van der Waals surface area contributed by atoms with E-state index in [4.69, 9.17) is 9.90 Å². The molecule has 0 atom stereocenters. The molecule has 0 saturated heterocycles. The second kappa shape index (κ2) is 10.4. The Hall–Kier alpha value is -5.92. The first-order valence-electron chi connectivity index (χ1n) is 18.8. The number of hydrogen-bond acceptors (Lipinski definition) is 1. The number of rotatable bonds is 4. The van der Waals surface area contributed by atoms with E-state index >= 15 is 0 Å². The van der Waals surface area contributed by atoms with Crippen LogP contribution in [0.15, 0.2) is 174 Å². The van der Waals surface area contributed by atoms with Gasteiger partial charge in [0.05, 0.1) is 11.0 Å². The minimum Gasteiger partial charge on any atom is -0.456 e. The summed E-state index contributed by atoms with van der Waals surface area (Å²) in [4.78, 5) is 0. The first kappa shape index (κ1) is 18.7. The van der Waals surface area contributed by atoms with Crippen LogP contribution in [0.5, 0.6) is 0 Å². The van der Waals surface area contributed by atoms with E-state index in [1.54, 1.807) is 30.3 Å². The highest BCUT2D eigenvalue weighted by molar-refractivity contribution is 6.22. The summed E-state index contributed by atoms with van der Waals surface area (Å²) >= 11 is 0. The summed E-state index contributed by atoms with van der Waals surface area (Å²) < 4.78 is 78.3. The molecule has 8 aromatic carbocycles. The van der Waals surface area contributed by atoms with E-state index in [2.05, 4.69) is 30.3 Å². The molecule has 1 heterocycles. The number of benzene rings is 8. The van der Waals surface area contributed by atoms with Gasteiger partial charge in [0, 0.05) is 10.8 Å². The molecule has 0 aliphatic carbocycles. The molecule has 0 aliphatic rings. The van der Waals surface area contributed by atoms with Crippen molar-refractivity contribution in [1.82, 2.24) is 0 Å². The molecule has 0 radical (unpaired) electrons. The molecule has 9 aromatic rings. The van der Waals surface area contributed by atoms with Gasteiger partial charge in [0.2, 0.25) is 0 Å². The van der Waals surface area contributed by atoms with E-state index in [0.29, 0.717) is 33.4 Å². The Morgan fingerprint density at radius 2 is 0.911 bits per heavy atom. The van der Waals surface area contributed by atoms with Crippen molar-refractivity contribution in [1.29, 1.82) is 0 Å². The molecule has 0 spiro atoms. The highest BCUT2D eigenvalue weighted by atomic mass is 16.3. The second-order valence-electron chi connectivity index (χ2n) is 11.0. The van der Waals surface area contributed by atoms with Gasteiger partial charge in [-0.1, -0.05) is 151 Å². The predicted molar refractivity (Wildman–Crippen MR) is 190 cm³/mol. The van der Waals surface area contributed by atoms with Gasteiger partial charge in [0.1, 0.15) is 11.2 Å². The molecule has 0 amide bonds. The Labute approximate surface area is 272 Å². The molecule has 1 aromatic heterocycles. The monoisotopic (exact) mass is 580 g/mol. The van der Waals surface area contributed by atoms with Gasteiger partial charge in [-0.3, -0.25) is 0 Å². The average molecular weight is 581 g/mol. The normalized spacial score (nSPS) is 14.0. The summed E-state index contributed by atoms with van der Waals surface area (Å²) in [6.07, 6.45) is 0. The van der Waals surface area contributed by atoms with Crippen LogP contribution in [0.25, 0.3) is 88.0 Å². The van der Waals surface area contributed by atoms with E-state index < -0.39 is 24.2 Å². The van der Waals surface area contributed by atoms with Crippen LogP contribution in [-0.2, 0) is 0 Å². The first-order chi connectivity index (χ1) is 25.7. The molecule has 0 aliphatic heterocycles. The molecule has 1 nitrogen and oxygen atoms in total. The molecular weight excluding hydrogens is 544 g/mol. The van der Waals surface area contributed by atoms with Gasteiger partial charge in [-0.05, 0) is 84.3 Å². The van der Waals surface area contributed by atoms with E-state index in [0.717, 1.165) is 33.0 Å². The van der Waals surface area contributed by atoms with Crippen molar-refractivity contribution < 1.29 is 15.4 Å². The zero-order chi connectivity index (χ0) is 36.7. The highest BCUT2D eigenvalue weighted by Crippen LogP contribution is 2.46. The van der Waals surface area contributed by atoms with Gasteiger partial charge in [-0.15, -0.1) is 0 Å². The molecule has 0 unspecified atom stereocenters. The summed E-state index contributed by atoms with van der Waals surface area (Å²) in [5.74, 6) is 0. The lowest BCUT2D eigenvalue weighted by Gasteiger charge is -2.17. The van der Waals surface area contributed by atoms with Crippen molar-refractivity contribution in [2.45, 2.75) is 0 Å². The Bertz CT molecular complexity index is 2890. The SMILES string of the molecule is [2H]c1c([2H])c([2H])c2c(-c3ccc4oc5cccc(-c6ccccc6-c6ccccc6)c5c4c3)c3c([2H])c([2H])c([2H])c([2H])c3c(-c3ccccc3)c2c1[2H]. The molecule has 210 valence electrons. The van der Waals surface area contributed by atoms with Crippen LogP contribution in [-0.4, -0.2) is 0 Å². The standard InChI is InChI=1S/C44H28O/c1-3-14-29(15-4-1)32-18-7-8-19-33(32)34-24-13-25-41-44(34)39-28-31(26-27-40(39)45-41)43-37-22-11-9-20-35(37)42(30-16-5-2-6-17-30)36-21-10-12-23-38(36)43/h1-28H/i9D,10D,11D,12D,20D,21D,22D,23D. The third-order valence-corrected chi connectivity index (χ3v) is 8.52. The molecule has 0 saturated carbocycles. The minimum absolute atomic E-state index is 0.175. The fourth-order valence-electron chi connectivity index (χ4n) is 6.60. The molecule has 45 heavy (non-hydrogen) atoms. The predicted octanol–water partition coefficient (Wildman–Crippen LogP) is 12.6. The van der Waals surface area contributed by atoms with Crippen molar-refractivity contribution in [3.8, 4) is 44.5 Å². The minimum atomic E-state index is -0.433. The van der Waals surface area contributed by atoms with Crippen LogP contribution in [0.4, 0.5) is 0 Å². The molecule has 0 fully saturated rings. The Balaban J connectivity index is 1.46. The molecule has 0 N–H and O–H groups in total. The maximum Gasteiger partial charge on any atom is 0.136 e. The van der Waals surface area contributed by atoms with E-state index in [1.807, 2.05) is 60.7 Å². The number of fused-ring (bicyclic) bond motifs is 5. The average Bonchev–Trinajstić information content (AvgIpc) is 3.58. The van der Waals surface area contributed by atoms with Gasteiger partial charge < -0.3 is 4.42 Å². The Morgan fingerprint density at radius 3 is 1.56 bits per heavy atom. The van der Waals surface area contributed by atoms with Gasteiger partial charge in [-0.25, -0.2) is 0 Å². The largest absolute Gasteiger partial charge is 0.456 e. The Morgan fingerprint density at radius 1 is 0.378 bits per heavy atom. The maximum atomic E-state index is 9.28. The maximum absolute atomic E-state index is 9.28. The zero-order valence-corrected chi connectivity index (χ0v) is 24.0. The Kier molecular flexibility index (Phi) is 4.30. The summed E-state index contributed by atoms with van der Waals surface area (Å²) in [6.45, 7) is 0. The van der Waals surface area contributed by atoms with Crippen molar-refractivity contribution in [3.63, 3.8) is 0 Å². The van der Waals surface area contributed by atoms with E-state index in [9.17, 15) is 5.48 Å². The van der Waals surface area contributed by atoms with Crippen LogP contribution in [0.2, 0.25) is 0 Å². The van der Waals surface area contributed by atoms with Crippen molar-refractivity contribution in [2.24, 2.45) is 0 Å². The van der Waals surface area contributed by atoms with Crippen molar-refractivity contribution in [2.75, 3.05) is 0 Å². The smallest absolute Gasteiger partial charge is 0.136 e. The van der Waals surface area contributed by atoms with Crippen LogP contribution in [0.1, 0.15) is 11.0 Å². The highest BCUT2D eigenvalue weighted by Gasteiger charge is 2.19. The molecule has 0 bridgehead atoms. The number of hydrogen-bond donors (Lipinski definition) is 0. The summed E-state index contributed by atoms with van der Waals surface area (Å²) in [6, 6.07) is 35.9. The third-order valence-electron chi connectivity index (χ3n) is 8.52. The number of furan rings is 1. The summed E-state index contributed by atoms with van der Waals surface area (Å²) in [5, 5.41) is 2.33.